The van der Waals surface area contributed by atoms with Crippen LogP contribution in [0.25, 0.3) is 11.1 Å². The zero-order valence-corrected chi connectivity index (χ0v) is 20.7. The lowest BCUT2D eigenvalue weighted by atomic mass is 9.99. The number of pyridine rings is 1. The molecule has 1 aliphatic rings. The van der Waals surface area contributed by atoms with Crippen molar-refractivity contribution in [1.29, 1.82) is 0 Å². The van der Waals surface area contributed by atoms with Gasteiger partial charge in [-0.15, -0.1) is 0 Å². The maximum Gasteiger partial charge on any atom is 0.259 e. The summed E-state index contributed by atoms with van der Waals surface area (Å²) in [5, 5.41) is 9.84. The molecule has 1 aliphatic heterocycles. The van der Waals surface area contributed by atoms with Gasteiger partial charge in [-0.2, -0.15) is 0 Å². The number of nitrogens with zero attached hydrogens (tertiary/aromatic N) is 3. The average Bonchev–Trinajstić information content (AvgIpc) is 2.86. The molecule has 4 rings (SSSR count). The highest BCUT2D eigenvalue weighted by Gasteiger charge is 2.34. The predicted octanol–water partition coefficient (Wildman–Crippen LogP) is 4.38. The number of likely N-dealkylation sites (N-methyl/N-ethyl adjacent to an activating group) is 1. The Balaban J connectivity index is 1.66. The summed E-state index contributed by atoms with van der Waals surface area (Å²) in [5.74, 6) is -0.933. The van der Waals surface area contributed by atoms with Crippen molar-refractivity contribution in [2.24, 2.45) is 5.92 Å². The van der Waals surface area contributed by atoms with Crippen LogP contribution in [-0.4, -0.2) is 64.7 Å². The molecule has 1 amide bonds. The molecule has 36 heavy (non-hydrogen) atoms. The molecule has 8 heteroatoms. The molecule has 0 aliphatic carbocycles. The van der Waals surface area contributed by atoms with E-state index in [0.29, 0.717) is 30.8 Å². The van der Waals surface area contributed by atoms with Crippen molar-refractivity contribution < 1.29 is 23.4 Å². The van der Waals surface area contributed by atoms with Crippen LogP contribution in [0, 0.1) is 17.6 Å². The molecule has 190 valence electrons. The van der Waals surface area contributed by atoms with Crippen LogP contribution >= 0.6 is 0 Å². The minimum atomic E-state index is -0.423. The Morgan fingerprint density at radius 3 is 2.67 bits per heavy atom. The van der Waals surface area contributed by atoms with Crippen LogP contribution in [0.5, 0.6) is 5.88 Å². The fourth-order valence-electron chi connectivity index (χ4n) is 4.48. The largest absolute Gasteiger partial charge is 0.472 e. The SMILES string of the molecule is C[C@@H]1CN([C@@H](C)CO)C(=O)c2cc(-c3ccccc3F)cnc2O[C@H]1CN(C)Cc1cccc(F)c1. The lowest BCUT2D eigenvalue weighted by molar-refractivity contribution is 0.0325. The third-order valence-corrected chi connectivity index (χ3v) is 6.54. The van der Waals surface area contributed by atoms with Gasteiger partial charge in [0.15, 0.2) is 0 Å². The Morgan fingerprint density at radius 1 is 1.17 bits per heavy atom. The second-order valence-corrected chi connectivity index (χ2v) is 9.51. The smallest absolute Gasteiger partial charge is 0.259 e. The van der Waals surface area contributed by atoms with Gasteiger partial charge in [0.25, 0.3) is 5.91 Å². The third-order valence-electron chi connectivity index (χ3n) is 6.54. The predicted molar refractivity (Wildman–Crippen MR) is 134 cm³/mol. The third kappa shape index (κ3) is 5.71. The Hall–Kier alpha value is -3.36. The molecule has 2 heterocycles. The van der Waals surface area contributed by atoms with Crippen LogP contribution < -0.4 is 4.74 Å². The highest BCUT2D eigenvalue weighted by molar-refractivity contribution is 5.98. The van der Waals surface area contributed by atoms with E-state index in [1.165, 1.54) is 24.4 Å². The normalized spacial score (nSPS) is 18.9. The van der Waals surface area contributed by atoms with E-state index in [4.69, 9.17) is 4.74 Å². The van der Waals surface area contributed by atoms with Crippen LogP contribution in [0.3, 0.4) is 0 Å². The summed E-state index contributed by atoms with van der Waals surface area (Å²) in [6.07, 6.45) is 1.17. The van der Waals surface area contributed by atoms with Crippen molar-refractivity contribution in [2.75, 3.05) is 26.7 Å². The van der Waals surface area contributed by atoms with Gasteiger partial charge in [0.1, 0.15) is 23.3 Å². The summed E-state index contributed by atoms with van der Waals surface area (Å²) in [7, 11) is 1.93. The van der Waals surface area contributed by atoms with Crippen LogP contribution in [0.2, 0.25) is 0 Å². The van der Waals surface area contributed by atoms with Crippen molar-refractivity contribution in [3.05, 3.63) is 83.6 Å². The maximum absolute atomic E-state index is 14.5. The Labute approximate surface area is 210 Å². The molecule has 0 bridgehead atoms. The summed E-state index contributed by atoms with van der Waals surface area (Å²) in [4.78, 5) is 21.6. The molecule has 2 aromatic carbocycles. The van der Waals surface area contributed by atoms with Gasteiger partial charge in [-0.05, 0) is 43.8 Å². The lowest BCUT2D eigenvalue weighted by Crippen LogP contribution is -2.49. The van der Waals surface area contributed by atoms with E-state index < -0.39 is 11.9 Å². The molecule has 0 saturated heterocycles. The molecular formula is C28H31F2N3O3. The van der Waals surface area contributed by atoms with E-state index >= 15 is 0 Å². The number of aliphatic hydroxyl groups is 1. The quantitative estimate of drug-likeness (QED) is 0.527. The van der Waals surface area contributed by atoms with Crippen molar-refractivity contribution in [3.8, 4) is 17.0 Å². The highest BCUT2D eigenvalue weighted by atomic mass is 19.1. The first-order chi connectivity index (χ1) is 17.3. The number of rotatable bonds is 7. The van der Waals surface area contributed by atoms with Gasteiger partial charge in [-0.25, -0.2) is 13.8 Å². The number of hydrogen-bond acceptors (Lipinski definition) is 5. The molecule has 0 unspecified atom stereocenters. The van der Waals surface area contributed by atoms with E-state index in [0.717, 1.165) is 5.56 Å². The second-order valence-electron chi connectivity index (χ2n) is 9.51. The van der Waals surface area contributed by atoms with Gasteiger partial charge in [0.05, 0.1) is 12.6 Å². The van der Waals surface area contributed by atoms with Crippen LogP contribution in [0.4, 0.5) is 8.78 Å². The van der Waals surface area contributed by atoms with Gasteiger partial charge >= 0.3 is 0 Å². The first kappa shape index (κ1) is 25.7. The number of aliphatic hydroxyl groups excluding tert-OH is 1. The molecule has 3 aromatic rings. The van der Waals surface area contributed by atoms with Crippen LogP contribution in [-0.2, 0) is 6.54 Å². The number of ether oxygens (including phenoxy) is 1. The Kier molecular flexibility index (Phi) is 7.96. The molecule has 1 N–H and O–H groups in total. The summed E-state index contributed by atoms with van der Waals surface area (Å²) in [6, 6.07) is 14.0. The molecular weight excluding hydrogens is 464 g/mol. The topological polar surface area (TPSA) is 65.9 Å². The second kappa shape index (κ2) is 11.1. The van der Waals surface area contributed by atoms with Gasteiger partial charge in [0.2, 0.25) is 5.88 Å². The van der Waals surface area contributed by atoms with Crippen LogP contribution in [0.1, 0.15) is 29.8 Å². The minimum Gasteiger partial charge on any atom is -0.472 e. The Morgan fingerprint density at radius 2 is 1.94 bits per heavy atom. The van der Waals surface area contributed by atoms with E-state index in [1.807, 2.05) is 24.9 Å². The van der Waals surface area contributed by atoms with Crippen molar-refractivity contribution in [2.45, 2.75) is 32.5 Å². The number of aromatic nitrogens is 1. The molecule has 6 nitrogen and oxygen atoms in total. The summed E-state index contributed by atoms with van der Waals surface area (Å²) >= 11 is 0. The van der Waals surface area contributed by atoms with Crippen LogP contribution in [0.15, 0.2) is 60.8 Å². The molecule has 0 fully saturated rings. The van der Waals surface area contributed by atoms with Crippen molar-refractivity contribution >= 4 is 5.91 Å². The first-order valence-corrected chi connectivity index (χ1v) is 12.0. The van der Waals surface area contributed by atoms with E-state index in [1.54, 1.807) is 42.2 Å². The minimum absolute atomic E-state index is 0.0842. The van der Waals surface area contributed by atoms with Gasteiger partial charge in [0, 0.05) is 42.9 Å². The molecule has 0 radical (unpaired) electrons. The number of fused-ring (bicyclic) bond motifs is 1. The summed E-state index contributed by atoms with van der Waals surface area (Å²) in [6.45, 7) is 4.97. The van der Waals surface area contributed by atoms with E-state index in [9.17, 15) is 18.7 Å². The highest BCUT2D eigenvalue weighted by Crippen LogP contribution is 2.31. The zero-order valence-electron chi connectivity index (χ0n) is 20.7. The number of carbonyl (C=O) groups excluding carboxylic acids is 1. The summed E-state index contributed by atoms with van der Waals surface area (Å²) < 4.78 is 34.4. The van der Waals surface area contributed by atoms with E-state index in [-0.39, 0.29) is 41.8 Å². The molecule has 0 spiro atoms. The number of halogens is 2. The standard InChI is InChI=1S/C28H31F2N3O3/c1-18-14-33(19(2)17-34)28(35)24-12-21(23-9-4-5-10-25(23)30)13-31-27(24)36-26(18)16-32(3)15-20-7-6-8-22(29)11-20/h4-13,18-19,26,34H,14-17H2,1-3H3/t18-,19+,26+/m1/s1. The number of hydrogen-bond donors (Lipinski definition) is 1. The number of carbonyl (C=O) groups is 1. The van der Waals surface area contributed by atoms with E-state index in [2.05, 4.69) is 4.98 Å². The van der Waals surface area contributed by atoms with Gasteiger partial charge in [-0.3, -0.25) is 9.69 Å². The Bertz CT molecular complexity index is 1220. The van der Waals surface area contributed by atoms with Gasteiger partial charge < -0.3 is 14.7 Å². The number of benzene rings is 2. The molecule has 3 atom stereocenters. The fraction of sp³-hybridized carbons (Fsp3) is 0.357. The molecule has 1 aromatic heterocycles. The monoisotopic (exact) mass is 495 g/mol. The summed E-state index contributed by atoms with van der Waals surface area (Å²) in [5.41, 5.74) is 1.87. The molecule has 0 saturated carbocycles. The fourth-order valence-corrected chi connectivity index (χ4v) is 4.48. The first-order valence-electron chi connectivity index (χ1n) is 12.0. The van der Waals surface area contributed by atoms with Crippen molar-refractivity contribution in [3.63, 3.8) is 0 Å². The average molecular weight is 496 g/mol. The number of amides is 1. The maximum atomic E-state index is 14.5. The zero-order chi connectivity index (χ0) is 25.8. The lowest BCUT2D eigenvalue weighted by Gasteiger charge is -2.37. The van der Waals surface area contributed by atoms with Gasteiger partial charge in [-0.1, -0.05) is 37.3 Å². The van der Waals surface area contributed by atoms with Crippen molar-refractivity contribution in [1.82, 2.24) is 14.8 Å².